The summed E-state index contributed by atoms with van der Waals surface area (Å²) >= 11 is 0. The molecule has 1 unspecified atom stereocenters. The Kier molecular flexibility index (Phi) is 4.90. The Bertz CT molecular complexity index is 975. The van der Waals surface area contributed by atoms with Gasteiger partial charge in [0.25, 0.3) is 5.91 Å². The number of amides is 2. The molecule has 1 aromatic carbocycles. The number of H-pyrrole nitrogens is 1. The fourth-order valence-corrected chi connectivity index (χ4v) is 4.97. The maximum absolute atomic E-state index is 12.9. The molecule has 0 radical (unpaired) electrons. The second-order valence-corrected chi connectivity index (χ2v) is 8.63. The molecular formula is C23H27N5O2. The lowest BCUT2D eigenvalue weighted by molar-refractivity contribution is -0.126. The summed E-state index contributed by atoms with van der Waals surface area (Å²) < 4.78 is 0. The van der Waals surface area contributed by atoms with Gasteiger partial charge in [-0.15, -0.1) is 0 Å². The smallest absolute Gasteiger partial charge is 0.255 e. The van der Waals surface area contributed by atoms with Gasteiger partial charge in [0, 0.05) is 36.2 Å². The first-order chi connectivity index (χ1) is 14.6. The normalized spacial score (nSPS) is 23.0. The Labute approximate surface area is 176 Å². The van der Waals surface area contributed by atoms with Crippen molar-refractivity contribution in [1.29, 1.82) is 0 Å². The summed E-state index contributed by atoms with van der Waals surface area (Å²) in [5, 5.41) is 9.86. The zero-order valence-electron chi connectivity index (χ0n) is 17.1. The number of carbonyl (C=O) groups excluding carboxylic acids is 2. The van der Waals surface area contributed by atoms with Crippen molar-refractivity contribution in [3.63, 3.8) is 0 Å². The summed E-state index contributed by atoms with van der Waals surface area (Å²) in [5.74, 6) is 0.370. The number of nitrogens with zero attached hydrogens (tertiary/aromatic N) is 3. The summed E-state index contributed by atoms with van der Waals surface area (Å²) in [4.78, 5) is 29.5. The highest BCUT2D eigenvalue weighted by molar-refractivity contribution is 6.01. The maximum Gasteiger partial charge on any atom is 0.255 e. The third kappa shape index (κ3) is 3.54. The molecule has 0 spiro atoms. The fourth-order valence-electron chi connectivity index (χ4n) is 4.97. The number of hydrogen-bond acceptors (Lipinski definition) is 4. The molecule has 30 heavy (non-hydrogen) atoms. The van der Waals surface area contributed by atoms with Crippen LogP contribution in [-0.4, -0.2) is 50.9 Å². The molecule has 2 amide bonds. The minimum absolute atomic E-state index is 0.0291. The van der Waals surface area contributed by atoms with E-state index < -0.39 is 6.04 Å². The van der Waals surface area contributed by atoms with Gasteiger partial charge in [0.2, 0.25) is 5.91 Å². The van der Waals surface area contributed by atoms with E-state index in [0.717, 1.165) is 61.4 Å². The number of aromatic amines is 1. The van der Waals surface area contributed by atoms with Gasteiger partial charge in [-0.2, -0.15) is 5.10 Å². The first-order valence-electron chi connectivity index (χ1n) is 10.7. The van der Waals surface area contributed by atoms with Crippen molar-refractivity contribution < 1.29 is 9.59 Å². The van der Waals surface area contributed by atoms with Crippen LogP contribution >= 0.6 is 0 Å². The predicted octanol–water partition coefficient (Wildman–Crippen LogP) is 2.54. The monoisotopic (exact) mass is 405 g/mol. The van der Waals surface area contributed by atoms with Crippen LogP contribution in [0.5, 0.6) is 0 Å². The third-order valence-electron chi connectivity index (χ3n) is 6.67. The van der Waals surface area contributed by atoms with Gasteiger partial charge in [0.05, 0.1) is 0 Å². The van der Waals surface area contributed by atoms with E-state index in [2.05, 4.69) is 39.1 Å². The minimum Gasteiger partial charge on any atom is -0.329 e. The Morgan fingerprint density at radius 2 is 1.97 bits per heavy atom. The summed E-state index contributed by atoms with van der Waals surface area (Å²) in [5.41, 5.74) is 5.00. The van der Waals surface area contributed by atoms with Crippen LogP contribution in [-0.2, 0) is 17.9 Å². The molecule has 5 rings (SSSR count). The Balaban J connectivity index is 1.25. The topological polar surface area (TPSA) is 81.3 Å². The van der Waals surface area contributed by atoms with Gasteiger partial charge in [-0.3, -0.25) is 19.6 Å². The molecule has 4 heterocycles. The van der Waals surface area contributed by atoms with Gasteiger partial charge in [-0.1, -0.05) is 18.7 Å². The Hall–Kier alpha value is -2.93. The van der Waals surface area contributed by atoms with Gasteiger partial charge >= 0.3 is 0 Å². The number of aromatic nitrogens is 2. The molecule has 7 heteroatoms. The van der Waals surface area contributed by atoms with E-state index in [1.165, 1.54) is 5.56 Å². The van der Waals surface area contributed by atoms with E-state index in [0.29, 0.717) is 18.9 Å². The lowest BCUT2D eigenvalue weighted by Gasteiger charge is -2.32. The highest BCUT2D eigenvalue weighted by Crippen LogP contribution is 2.34. The molecular weight excluding hydrogens is 378 g/mol. The van der Waals surface area contributed by atoms with Crippen LogP contribution in [0.25, 0.3) is 0 Å². The number of hydrogen-bond donors (Lipinski definition) is 2. The Morgan fingerprint density at radius 1 is 1.13 bits per heavy atom. The molecule has 0 bridgehead atoms. The van der Waals surface area contributed by atoms with Crippen molar-refractivity contribution in [1.82, 2.24) is 25.3 Å². The Morgan fingerprint density at radius 3 is 2.70 bits per heavy atom. The van der Waals surface area contributed by atoms with E-state index in [1.807, 2.05) is 12.1 Å². The molecule has 0 saturated carbocycles. The molecule has 156 valence electrons. The molecule has 1 aromatic heterocycles. The van der Waals surface area contributed by atoms with E-state index in [-0.39, 0.29) is 11.8 Å². The van der Waals surface area contributed by atoms with Gasteiger partial charge in [-0.05, 0) is 68.0 Å². The second kappa shape index (κ2) is 7.72. The molecule has 2 fully saturated rings. The van der Waals surface area contributed by atoms with Crippen LogP contribution in [0.3, 0.4) is 0 Å². The second-order valence-electron chi connectivity index (χ2n) is 8.63. The van der Waals surface area contributed by atoms with Crippen LogP contribution in [0, 0.1) is 0 Å². The number of rotatable bonds is 4. The summed E-state index contributed by atoms with van der Waals surface area (Å²) in [7, 11) is 0. The SMILES string of the molecule is C=C1CCC(N2Cc3cc(C4CCN(Cc5ccn[nH]5)CC4)ccc3C2=O)C(=O)N1. The van der Waals surface area contributed by atoms with Crippen molar-refractivity contribution >= 4 is 11.8 Å². The van der Waals surface area contributed by atoms with Gasteiger partial charge < -0.3 is 10.2 Å². The molecule has 7 nitrogen and oxygen atoms in total. The predicted molar refractivity (Wildman–Crippen MR) is 112 cm³/mol. The molecule has 2 aromatic rings. The van der Waals surface area contributed by atoms with Crippen molar-refractivity contribution in [2.45, 2.75) is 50.7 Å². The lowest BCUT2D eigenvalue weighted by Crippen LogP contribution is -2.49. The third-order valence-corrected chi connectivity index (χ3v) is 6.67. The average Bonchev–Trinajstić information content (AvgIpc) is 3.36. The van der Waals surface area contributed by atoms with E-state index in [9.17, 15) is 9.59 Å². The zero-order valence-corrected chi connectivity index (χ0v) is 17.1. The molecule has 2 N–H and O–H groups in total. The first-order valence-corrected chi connectivity index (χ1v) is 10.7. The van der Waals surface area contributed by atoms with E-state index in [4.69, 9.17) is 0 Å². The van der Waals surface area contributed by atoms with Gasteiger partial charge in [0.15, 0.2) is 0 Å². The fraction of sp³-hybridized carbons (Fsp3) is 0.435. The highest BCUT2D eigenvalue weighted by Gasteiger charge is 2.38. The quantitative estimate of drug-likeness (QED) is 0.819. The summed E-state index contributed by atoms with van der Waals surface area (Å²) in [6, 6.07) is 7.89. The summed E-state index contributed by atoms with van der Waals surface area (Å²) in [6.07, 6.45) is 5.38. The van der Waals surface area contributed by atoms with Crippen molar-refractivity contribution in [3.8, 4) is 0 Å². The van der Waals surface area contributed by atoms with Crippen LogP contribution in [0.1, 0.15) is 58.8 Å². The molecule has 2 saturated heterocycles. The van der Waals surface area contributed by atoms with Gasteiger partial charge in [-0.25, -0.2) is 0 Å². The zero-order chi connectivity index (χ0) is 20.7. The van der Waals surface area contributed by atoms with E-state index in [1.54, 1.807) is 11.1 Å². The first kappa shape index (κ1) is 19.1. The number of nitrogens with one attached hydrogen (secondary N) is 2. The minimum atomic E-state index is -0.399. The van der Waals surface area contributed by atoms with Crippen LogP contribution < -0.4 is 5.32 Å². The standard InChI is InChI=1S/C23H27N5O2/c1-15-2-5-21(22(29)25-15)28-13-18-12-17(3-4-20(18)23(28)30)16-7-10-27(11-8-16)14-19-6-9-24-26-19/h3-4,6,9,12,16,21H,1-2,5,7-8,10-11,13-14H2,(H,24,26)(H,25,29). The lowest BCUT2D eigenvalue weighted by atomic mass is 9.88. The van der Waals surface area contributed by atoms with E-state index >= 15 is 0 Å². The van der Waals surface area contributed by atoms with Gasteiger partial charge in [0.1, 0.15) is 6.04 Å². The van der Waals surface area contributed by atoms with Crippen LogP contribution in [0.4, 0.5) is 0 Å². The molecule has 3 aliphatic rings. The number of likely N-dealkylation sites (tertiary alicyclic amines) is 1. The van der Waals surface area contributed by atoms with Crippen LogP contribution in [0.2, 0.25) is 0 Å². The largest absolute Gasteiger partial charge is 0.329 e. The number of carbonyl (C=O) groups is 2. The molecule has 1 atom stereocenters. The highest BCUT2D eigenvalue weighted by atomic mass is 16.2. The molecule has 3 aliphatic heterocycles. The number of allylic oxidation sites excluding steroid dienone is 1. The van der Waals surface area contributed by atoms with Crippen molar-refractivity contribution in [2.75, 3.05) is 13.1 Å². The van der Waals surface area contributed by atoms with Crippen molar-refractivity contribution in [3.05, 3.63) is 65.1 Å². The molecule has 0 aliphatic carbocycles. The van der Waals surface area contributed by atoms with Crippen LogP contribution in [0.15, 0.2) is 42.7 Å². The summed E-state index contributed by atoms with van der Waals surface area (Å²) in [6.45, 7) is 7.37. The number of fused-ring (bicyclic) bond motifs is 1. The maximum atomic E-state index is 12.9. The van der Waals surface area contributed by atoms with Crippen molar-refractivity contribution in [2.24, 2.45) is 0 Å². The number of benzene rings is 1. The average molecular weight is 406 g/mol. The number of piperidine rings is 2.